The lowest BCUT2D eigenvalue weighted by molar-refractivity contribution is -0.0680. The van der Waals surface area contributed by atoms with Crippen LogP contribution in [0.4, 0.5) is 0 Å². The minimum atomic E-state index is -0.590. The Kier molecular flexibility index (Phi) is 7.30. The van der Waals surface area contributed by atoms with Gasteiger partial charge in [0.1, 0.15) is 12.2 Å². The number of hydrogen-bond donors (Lipinski definition) is 2. The molecule has 0 rings (SSSR count). The maximum atomic E-state index is 9.46. The van der Waals surface area contributed by atoms with Gasteiger partial charge >= 0.3 is 0 Å². The van der Waals surface area contributed by atoms with Gasteiger partial charge in [-0.25, -0.2) is 0 Å². The lowest BCUT2D eigenvalue weighted by atomic mass is 10.1. The molecule has 0 aromatic rings. The van der Waals surface area contributed by atoms with Crippen molar-refractivity contribution in [1.82, 2.24) is 0 Å². The van der Waals surface area contributed by atoms with Crippen LogP contribution in [-0.4, -0.2) is 34.6 Å². The van der Waals surface area contributed by atoms with Gasteiger partial charge in [0.25, 0.3) is 0 Å². The van der Waals surface area contributed by atoms with Gasteiger partial charge in [-0.1, -0.05) is 24.3 Å². The van der Waals surface area contributed by atoms with Crippen molar-refractivity contribution in [3.8, 4) is 0 Å². The van der Waals surface area contributed by atoms with Crippen molar-refractivity contribution in [3.05, 3.63) is 24.3 Å². The first-order valence-electron chi connectivity index (χ1n) is 5.30. The average molecular weight is 214 g/mol. The standard InChI is InChI=1S/C12H22O3/c1-5-7-11(9(3)13)15-12(8-6-2)10(4)14/h5-14H,1-4H3. The van der Waals surface area contributed by atoms with Crippen LogP contribution in [-0.2, 0) is 4.74 Å². The molecule has 4 atom stereocenters. The molecule has 0 spiro atoms. The molecular formula is C12H22O3. The number of aliphatic hydroxyl groups excluding tert-OH is 2. The van der Waals surface area contributed by atoms with Gasteiger partial charge in [0, 0.05) is 0 Å². The summed E-state index contributed by atoms with van der Waals surface area (Å²) < 4.78 is 5.58. The van der Waals surface area contributed by atoms with Gasteiger partial charge < -0.3 is 14.9 Å². The Bertz CT molecular complexity index is 185. The molecule has 0 aromatic heterocycles. The largest absolute Gasteiger partial charge is 0.390 e. The Morgan fingerprint density at radius 1 is 0.867 bits per heavy atom. The first-order chi connectivity index (χ1) is 7.02. The maximum Gasteiger partial charge on any atom is 0.102 e. The van der Waals surface area contributed by atoms with Crippen molar-refractivity contribution in [3.63, 3.8) is 0 Å². The molecule has 0 radical (unpaired) electrons. The smallest absolute Gasteiger partial charge is 0.102 e. The fraction of sp³-hybridized carbons (Fsp3) is 0.667. The molecule has 0 bridgehead atoms. The van der Waals surface area contributed by atoms with Crippen molar-refractivity contribution < 1.29 is 14.9 Å². The first-order valence-corrected chi connectivity index (χ1v) is 5.30. The minimum Gasteiger partial charge on any atom is -0.390 e. The van der Waals surface area contributed by atoms with Crippen LogP contribution in [0.25, 0.3) is 0 Å². The van der Waals surface area contributed by atoms with E-state index in [1.807, 2.05) is 26.0 Å². The number of rotatable bonds is 6. The fourth-order valence-electron chi connectivity index (χ4n) is 1.20. The molecule has 0 aliphatic rings. The van der Waals surface area contributed by atoms with Gasteiger partial charge in [-0.2, -0.15) is 0 Å². The second-order valence-electron chi connectivity index (χ2n) is 3.60. The number of hydrogen-bond acceptors (Lipinski definition) is 3. The zero-order valence-corrected chi connectivity index (χ0v) is 9.92. The third-order valence-corrected chi connectivity index (χ3v) is 2.03. The van der Waals surface area contributed by atoms with E-state index in [2.05, 4.69) is 0 Å². The quantitative estimate of drug-likeness (QED) is 0.661. The SMILES string of the molecule is CC=CC(OC(C=CC)C(C)O)C(C)O. The summed E-state index contributed by atoms with van der Waals surface area (Å²) in [5.41, 5.74) is 0. The van der Waals surface area contributed by atoms with Gasteiger partial charge in [-0.15, -0.1) is 0 Å². The van der Waals surface area contributed by atoms with Gasteiger partial charge in [0.15, 0.2) is 0 Å². The Balaban J connectivity index is 4.46. The van der Waals surface area contributed by atoms with Crippen LogP contribution < -0.4 is 0 Å². The molecule has 3 heteroatoms. The van der Waals surface area contributed by atoms with Gasteiger partial charge in [-0.05, 0) is 27.7 Å². The van der Waals surface area contributed by atoms with E-state index in [9.17, 15) is 10.2 Å². The highest BCUT2D eigenvalue weighted by molar-refractivity contribution is 4.95. The number of allylic oxidation sites excluding steroid dienone is 2. The minimum absolute atomic E-state index is 0.384. The Labute approximate surface area is 92.1 Å². The highest BCUT2D eigenvalue weighted by Crippen LogP contribution is 2.10. The lowest BCUT2D eigenvalue weighted by Crippen LogP contribution is -2.34. The van der Waals surface area contributed by atoms with E-state index >= 15 is 0 Å². The molecule has 0 fully saturated rings. The van der Waals surface area contributed by atoms with Crippen LogP contribution in [0.2, 0.25) is 0 Å². The summed E-state index contributed by atoms with van der Waals surface area (Å²) in [5.74, 6) is 0. The Morgan fingerprint density at radius 3 is 1.40 bits per heavy atom. The lowest BCUT2D eigenvalue weighted by Gasteiger charge is -2.24. The topological polar surface area (TPSA) is 49.7 Å². The van der Waals surface area contributed by atoms with E-state index < -0.39 is 12.2 Å². The summed E-state index contributed by atoms with van der Waals surface area (Å²) in [7, 11) is 0. The fourth-order valence-corrected chi connectivity index (χ4v) is 1.20. The summed E-state index contributed by atoms with van der Waals surface area (Å²) in [4.78, 5) is 0. The summed E-state index contributed by atoms with van der Waals surface area (Å²) >= 11 is 0. The van der Waals surface area contributed by atoms with E-state index in [0.29, 0.717) is 0 Å². The molecule has 0 heterocycles. The number of ether oxygens (including phenoxy) is 1. The predicted molar refractivity (Wildman–Crippen MR) is 61.7 cm³/mol. The third kappa shape index (κ3) is 5.72. The van der Waals surface area contributed by atoms with E-state index in [1.54, 1.807) is 26.0 Å². The van der Waals surface area contributed by atoms with E-state index in [0.717, 1.165) is 0 Å². The molecule has 0 aromatic carbocycles. The van der Waals surface area contributed by atoms with Crippen LogP contribution in [0.15, 0.2) is 24.3 Å². The van der Waals surface area contributed by atoms with Crippen molar-refractivity contribution in [2.24, 2.45) is 0 Å². The molecule has 15 heavy (non-hydrogen) atoms. The number of aliphatic hydroxyl groups is 2. The van der Waals surface area contributed by atoms with Gasteiger partial charge in [-0.3, -0.25) is 0 Å². The van der Waals surface area contributed by atoms with Gasteiger partial charge in [0.05, 0.1) is 12.2 Å². The molecule has 3 nitrogen and oxygen atoms in total. The normalized spacial score (nSPS) is 20.7. The van der Waals surface area contributed by atoms with Crippen LogP contribution in [0.5, 0.6) is 0 Å². The summed E-state index contributed by atoms with van der Waals surface area (Å²) in [6, 6.07) is 0. The molecule has 0 saturated carbocycles. The molecule has 0 saturated heterocycles. The van der Waals surface area contributed by atoms with Crippen molar-refractivity contribution in [2.75, 3.05) is 0 Å². The Hall–Kier alpha value is -0.640. The predicted octanol–water partition coefficient (Wildman–Crippen LogP) is 1.65. The van der Waals surface area contributed by atoms with Crippen LogP contribution in [0, 0.1) is 0 Å². The second kappa shape index (κ2) is 7.63. The highest BCUT2D eigenvalue weighted by Gasteiger charge is 2.19. The maximum absolute atomic E-state index is 9.46. The zero-order valence-electron chi connectivity index (χ0n) is 9.92. The van der Waals surface area contributed by atoms with Gasteiger partial charge in [0.2, 0.25) is 0 Å². The molecule has 88 valence electrons. The van der Waals surface area contributed by atoms with Crippen molar-refractivity contribution in [2.45, 2.75) is 52.1 Å². The summed E-state index contributed by atoms with van der Waals surface area (Å²) in [6.07, 6.45) is 5.27. The second-order valence-corrected chi connectivity index (χ2v) is 3.60. The van der Waals surface area contributed by atoms with Crippen LogP contribution in [0.1, 0.15) is 27.7 Å². The Morgan fingerprint density at radius 2 is 1.20 bits per heavy atom. The third-order valence-electron chi connectivity index (χ3n) is 2.03. The van der Waals surface area contributed by atoms with Crippen LogP contribution in [0.3, 0.4) is 0 Å². The molecule has 0 aliphatic carbocycles. The van der Waals surface area contributed by atoms with Crippen molar-refractivity contribution >= 4 is 0 Å². The highest BCUT2D eigenvalue weighted by atomic mass is 16.5. The summed E-state index contributed by atoms with van der Waals surface area (Å²) in [6.45, 7) is 7.07. The molecule has 0 aliphatic heterocycles. The summed E-state index contributed by atoms with van der Waals surface area (Å²) in [5, 5.41) is 18.9. The van der Waals surface area contributed by atoms with E-state index in [4.69, 9.17) is 4.74 Å². The van der Waals surface area contributed by atoms with E-state index in [-0.39, 0.29) is 12.2 Å². The molecular weight excluding hydrogens is 192 g/mol. The average Bonchev–Trinajstić information content (AvgIpc) is 2.15. The molecule has 0 amide bonds. The zero-order chi connectivity index (χ0) is 11.8. The van der Waals surface area contributed by atoms with E-state index in [1.165, 1.54) is 0 Å². The molecule has 2 N–H and O–H groups in total. The molecule has 4 unspecified atom stereocenters. The monoisotopic (exact) mass is 214 g/mol. The van der Waals surface area contributed by atoms with Crippen LogP contribution >= 0.6 is 0 Å². The first kappa shape index (κ1) is 14.4. The van der Waals surface area contributed by atoms with Crippen molar-refractivity contribution in [1.29, 1.82) is 0 Å².